The van der Waals surface area contributed by atoms with Crippen LogP contribution in [-0.2, 0) is 15.3 Å². The molecule has 6 rings (SSSR count). The Kier molecular flexibility index (Phi) is 8.72. The summed E-state index contributed by atoms with van der Waals surface area (Å²) in [5.74, 6) is 1.42. The number of nitrogen functional groups attached to an aromatic ring is 1. The van der Waals surface area contributed by atoms with Crippen molar-refractivity contribution in [3.05, 3.63) is 47.8 Å². The van der Waals surface area contributed by atoms with Gasteiger partial charge >= 0.3 is 6.09 Å². The van der Waals surface area contributed by atoms with Gasteiger partial charge in [0.2, 0.25) is 11.9 Å². The third-order valence-corrected chi connectivity index (χ3v) is 8.46. The smallest absolute Gasteiger partial charge is 0.378 e. The molecule has 14 nitrogen and oxygen atoms in total. The van der Waals surface area contributed by atoms with Crippen LogP contribution < -0.4 is 20.3 Å². The standard InChI is InChI=1S/C28H34N10O4S/c1-2-35-9-11-36(12-10-35)25(39)19-3-5-21(6-4-19)32-28(40)42-43-38-8-7-22-23(20-17-30-26(29)31-18-20)33-27(34-24(22)38)37-13-15-41-16-14-37/h3-6,17-18H,2,7-16H2,1H3,(H,32,40)(H2,29,30,31). The van der Waals surface area contributed by atoms with Gasteiger partial charge in [-0.05, 0) is 37.2 Å². The van der Waals surface area contributed by atoms with Crippen LogP contribution >= 0.6 is 12.2 Å². The number of hydrogen-bond donors (Lipinski definition) is 2. The third kappa shape index (κ3) is 6.58. The summed E-state index contributed by atoms with van der Waals surface area (Å²) in [5.41, 5.74) is 9.20. The van der Waals surface area contributed by atoms with Gasteiger partial charge in [0.05, 0.1) is 18.9 Å². The Hall–Kier alpha value is -4.21. The Morgan fingerprint density at radius 2 is 1.72 bits per heavy atom. The highest BCUT2D eigenvalue weighted by molar-refractivity contribution is 7.96. The minimum Gasteiger partial charge on any atom is -0.378 e. The normalized spacial score (nSPS) is 17.1. The first kappa shape index (κ1) is 28.9. The molecule has 2 fully saturated rings. The van der Waals surface area contributed by atoms with Crippen LogP contribution in [0.15, 0.2) is 36.7 Å². The van der Waals surface area contributed by atoms with Crippen molar-refractivity contribution in [1.29, 1.82) is 0 Å². The second kappa shape index (κ2) is 13.0. The monoisotopic (exact) mass is 606 g/mol. The molecule has 0 aliphatic carbocycles. The number of rotatable bonds is 7. The first-order valence-corrected chi connectivity index (χ1v) is 15.0. The zero-order valence-electron chi connectivity index (χ0n) is 23.9. The maximum atomic E-state index is 12.9. The van der Waals surface area contributed by atoms with E-state index < -0.39 is 6.09 Å². The zero-order valence-corrected chi connectivity index (χ0v) is 24.8. The summed E-state index contributed by atoms with van der Waals surface area (Å²) >= 11 is 0.916. The highest BCUT2D eigenvalue weighted by Gasteiger charge is 2.30. The van der Waals surface area contributed by atoms with Crippen molar-refractivity contribution in [2.75, 3.05) is 85.8 Å². The highest BCUT2D eigenvalue weighted by atomic mass is 32.2. The van der Waals surface area contributed by atoms with Crippen molar-refractivity contribution >= 4 is 47.6 Å². The van der Waals surface area contributed by atoms with Crippen LogP contribution in [0, 0.1) is 0 Å². The zero-order chi connectivity index (χ0) is 29.8. The van der Waals surface area contributed by atoms with E-state index in [0.29, 0.717) is 75.4 Å². The molecule has 3 aliphatic heterocycles. The lowest BCUT2D eigenvalue weighted by Crippen LogP contribution is -2.48. The number of fused-ring (bicyclic) bond motifs is 1. The van der Waals surface area contributed by atoms with Gasteiger partial charge in [0.25, 0.3) is 5.91 Å². The van der Waals surface area contributed by atoms with Crippen LogP contribution in [0.25, 0.3) is 11.3 Å². The third-order valence-electron chi connectivity index (χ3n) is 7.70. The Balaban J connectivity index is 1.10. The first-order valence-electron chi connectivity index (χ1n) is 14.3. The summed E-state index contributed by atoms with van der Waals surface area (Å²) in [6.07, 6.45) is 3.32. The van der Waals surface area contributed by atoms with E-state index in [1.807, 2.05) is 9.21 Å². The van der Waals surface area contributed by atoms with Crippen LogP contribution in [0.5, 0.6) is 0 Å². The summed E-state index contributed by atoms with van der Waals surface area (Å²) in [7, 11) is 0. The molecule has 43 heavy (non-hydrogen) atoms. The van der Waals surface area contributed by atoms with Crippen molar-refractivity contribution in [3.63, 3.8) is 0 Å². The predicted molar refractivity (Wildman–Crippen MR) is 164 cm³/mol. The number of anilines is 4. The van der Waals surface area contributed by atoms with Crippen LogP contribution in [0.4, 0.5) is 28.2 Å². The van der Waals surface area contributed by atoms with Crippen molar-refractivity contribution in [2.45, 2.75) is 13.3 Å². The van der Waals surface area contributed by atoms with E-state index in [1.165, 1.54) is 0 Å². The molecule has 2 saturated heterocycles. The molecule has 3 aromatic rings. The van der Waals surface area contributed by atoms with Gasteiger partial charge in [-0.3, -0.25) is 14.4 Å². The largest absolute Gasteiger partial charge is 0.425 e. The Labute approximate surface area is 253 Å². The lowest BCUT2D eigenvalue weighted by molar-refractivity contribution is 0.0643. The number of nitrogens with two attached hydrogens (primary N) is 1. The Morgan fingerprint density at radius 3 is 2.42 bits per heavy atom. The molecule has 5 heterocycles. The average Bonchev–Trinajstić information content (AvgIpc) is 3.47. The molecule has 0 spiro atoms. The van der Waals surface area contributed by atoms with Gasteiger partial charge < -0.3 is 29.4 Å². The minimum atomic E-state index is -0.636. The fraction of sp³-hybridized carbons (Fsp3) is 0.429. The number of amides is 2. The SMILES string of the molecule is CCN1CCN(C(=O)c2ccc(NC(=O)OSN3CCc4c(-c5cnc(N)nc5)nc(N5CCOCC5)nc43)cc2)CC1. The summed E-state index contributed by atoms with van der Waals surface area (Å²) in [5, 5.41) is 2.73. The average molecular weight is 607 g/mol. The number of nitrogens with one attached hydrogen (secondary N) is 1. The second-order valence-corrected chi connectivity index (χ2v) is 11.1. The van der Waals surface area contributed by atoms with E-state index in [-0.39, 0.29) is 11.9 Å². The number of benzene rings is 1. The quantitative estimate of drug-likeness (QED) is 0.299. The molecule has 3 aliphatic rings. The maximum absolute atomic E-state index is 12.9. The highest BCUT2D eigenvalue weighted by Crippen LogP contribution is 2.38. The fourth-order valence-corrected chi connectivity index (χ4v) is 5.84. The molecule has 2 aromatic heterocycles. The van der Waals surface area contributed by atoms with E-state index in [0.717, 1.165) is 48.7 Å². The molecule has 0 unspecified atom stereocenters. The van der Waals surface area contributed by atoms with Gasteiger partial charge in [0.1, 0.15) is 0 Å². The van der Waals surface area contributed by atoms with Gasteiger partial charge in [0.15, 0.2) is 18.0 Å². The van der Waals surface area contributed by atoms with Crippen LogP contribution in [0.2, 0.25) is 0 Å². The topological polar surface area (TPSA) is 155 Å². The van der Waals surface area contributed by atoms with Crippen molar-refractivity contribution in [2.24, 2.45) is 0 Å². The van der Waals surface area contributed by atoms with Gasteiger partial charge in [-0.15, -0.1) is 0 Å². The number of likely N-dealkylation sites (N-methyl/N-ethyl adjacent to an activating group) is 1. The van der Waals surface area contributed by atoms with E-state index in [4.69, 9.17) is 24.6 Å². The van der Waals surface area contributed by atoms with Crippen molar-refractivity contribution in [1.82, 2.24) is 29.7 Å². The second-order valence-electron chi connectivity index (χ2n) is 10.3. The molecule has 0 radical (unpaired) electrons. The predicted octanol–water partition coefficient (Wildman–Crippen LogP) is 2.30. The number of carbonyl (C=O) groups excluding carboxylic acids is 2. The molecule has 2 amide bonds. The number of aromatic nitrogens is 4. The number of piperazine rings is 1. The molecule has 15 heteroatoms. The van der Waals surface area contributed by atoms with Gasteiger partial charge in [-0.2, -0.15) is 4.98 Å². The maximum Gasteiger partial charge on any atom is 0.425 e. The van der Waals surface area contributed by atoms with Gasteiger partial charge in [-0.25, -0.2) is 19.7 Å². The van der Waals surface area contributed by atoms with Crippen molar-refractivity contribution < 1.29 is 18.5 Å². The number of nitrogens with zero attached hydrogens (tertiary/aromatic N) is 8. The van der Waals surface area contributed by atoms with Crippen LogP contribution in [0.3, 0.4) is 0 Å². The molecule has 0 atom stereocenters. The van der Waals surface area contributed by atoms with E-state index in [2.05, 4.69) is 32.0 Å². The first-order chi connectivity index (χ1) is 21.0. The number of carbonyl (C=O) groups is 2. The fourth-order valence-electron chi connectivity index (χ4n) is 5.26. The van der Waals surface area contributed by atoms with Crippen LogP contribution in [-0.4, -0.2) is 107 Å². The molecule has 0 saturated carbocycles. The summed E-state index contributed by atoms with van der Waals surface area (Å²) < 4.78 is 12.8. The van der Waals surface area contributed by atoms with Gasteiger partial charge in [0, 0.05) is 80.6 Å². The molecule has 226 valence electrons. The lowest BCUT2D eigenvalue weighted by atomic mass is 10.1. The molecular weight excluding hydrogens is 572 g/mol. The van der Waals surface area contributed by atoms with Gasteiger partial charge in [-0.1, -0.05) is 6.92 Å². The number of morpholine rings is 1. The van der Waals surface area contributed by atoms with E-state index in [9.17, 15) is 9.59 Å². The molecular formula is C28H34N10O4S. The van der Waals surface area contributed by atoms with E-state index >= 15 is 0 Å². The summed E-state index contributed by atoms with van der Waals surface area (Å²) in [6.45, 7) is 9.39. The Bertz CT molecular complexity index is 1450. The molecule has 3 N–H and O–H groups in total. The molecule has 1 aromatic carbocycles. The molecule has 0 bridgehead atoms. The van der Waals surface area contributed by atoms with Crippen molar-refractivity contribution in [3.8, 4) is 11.3 Å². The summed E-state index contributed by atoms with van der Waals surface area (Å²) in [6, 6.07) is 6.85. The number of ether oxygens (including phenoxy) is 1. The number of hydrogen-bond acceptors (Lipinski definition) is 13. The van der Waals surface area contributed by atoms with Crippen LogP contribution in [0.1, 0.15) is 22.8 Å². The lowest BCUT2D eigenvalue weighted by Gasteiger charge is -2.34. The Morgan fingerprint density at radius 1 is 1.00 bits per heavy atom. The minimum absolute atomic E-state index is 0.00326. The summed E-state index contributed by atoms with van der Waals surface area (Å²) in [4.78, 5) is 49.8. The van der Waals surface area contributed by atoms with E-state index in [1.54, 1.807) is 36.7 Å².